The number of rotatable bonds is 3. The Kier molecular flexibility index (Phi) is 4.27. The van der Waals surface area contributed by atoms with E-state index in [1.807, 2.05) is 16.7 Å². The van der Waals surface area contributed by atoms with Crippen molar-refractivity contribution < 1.29 is 9.18 Å². The van der Waals surface area contributed by atoms with E-state index in [4.69, 9.17) is 0 Å². The highest BCUT2D eigenvalue weighted by molar-refractivity contribution is 7.99. The fourth-order valence-corrected chi connectivity index (χ4v) is 4.10. The van der Waals surface area contributed by atoms with Gasteiger partial charge in [0.25, 0.3) is 0 Å². The van der Waals surface area contributed by atoms with E-state index in [1.165, 1.54) is 36.5 Å². The third-order valence-corrected chi connectivity index (χ3v) is 5.11. The van der Waals surface area contributed by atoms with Gasteiger partial charge in [0.1, 0.15) is 12.0 Å². The summed E-state index contributed by atoms with van der Waals surface area (Å²) in [4.78, 5) is 14.0. The lowest BCUT2D eigenvalue weighted by atomic mass is 10.0. The normalized spacial score (nSPS) is 24.4. The number of nitrogens with one attached hydrogen (secondary N) is 1. The molecule has 1 aromatic rings. The number of carbonyl (C=O) groups is 1. The number of hydrogen-bond acceptors (Lipinski definition) is 3. The first kappa shape index (κ1) is 13.9. The summed E-state index contributed by atoms with van der Waals surface area (Å²) in [6.45, 7) is 1.19. The predicted octanol–water partition coefficient (Wildman–Crippen LogP) is 2.40. The van der Waals surface area contributed by atoms with Gasteiger partial charge in [0.15, 0.2) is 0 Å². The molecular formula is C15H19FN2OS. The lowest BCUT2D eigenvalue weighted by Gasteiger charge is -2.30. The van der Waals surface area contributed by atoms with E-state index in [1.54, 1.807) is 12.1 Å². The molecule has 5 heteroatoms. The van der Waals surface area contributed by atoms with Crippen molar-refractivity contribution in [2.45, 2.75) is 19.0 Å². The standard InChI is InChI=1S/C15H19FN2OS/c16-13-3-1-12(2-4-13)15-17-9-14(19)18(15)10-11-5-7-20-8-6-11/h1-4,11,15,17H,5-10H2. The third kappa shape index (κ3) is 2.99. The zero-order valence-electron chi connectivity index (χ0n) is 11.3. The third-order valence-electron chi connectivity index (χ3n) is 4.06. The molecular weight excluding hydrogens is 275 g/mol. The Hall–Kier alpha value is -1.07. The lowest BCUT2D eigenvalue weighted by molar-refractivity contribution is -0.128. The highest BCUT2D eigenvalue weighted by atomic mass is 32.2. The molecule has 2 heterocycles. The highest BCUT2D eigenvalue weighted by Crippen LogP contribution is 2.28. The van der Waals surface area contributed by atoms with Crippen molar-refractivity contribution in [3.63, 3.8) is 0 Å². The van der Waals surface area contributed by atoms with E-state index >= 15 is 0 Å². The molecule has 0 spiro atoms. The summed E-state index contributed by atoms with van der Waals surface area (Å²) in [6.07, 6.45) is 2.27. The Bertz CT molecular complexity index is 473. The maximum Gasteiger partial charge on any atom is 0.238 e. The van der Waals surface area contributed by atoms with Gasteiger partial charge in [0.2, 0.25) is 5.91 Å². The molecule has 2 aliphatic rings. The molecule has 1 aromatic carbocycles. The van der Waals surface area contributed by atoms with Gasteiger partial charge in [-0.05, 0) is 48.0 Å². The molecule has 3 nitrogen and oxygen atoms in total. The van der Waals surface area contributed by atoms with Crippen molar-refractivity contribution in [3.8, 4) is 0 Å². The lowest BCUT2D eigenvalue weighted by Crippen LogP contribution is -2.35. The van der Waals surface area contributed by atoms with Crippen LogP contribution in [0.5, 0.6) is 0 Å². The molecule has 3 rings (SSSR count). The smallest absolute Gasteiger partial charge is 0.238 e. The summed E-state index contributed by atoms with van der Waals surface area (Å²) >= 11 is 2.00. The average molecular weight is 294 g/mol. The summed E-state index contributed by atoms with van der Waals surface area (Å²) in [6, 6.07) is 6.43. The maximum absolute atomic E-state index is 13.0. The number of amides is 1. The second-order valence-corrected chi connectivity index (χ2v) is 6.66. The summed E-state index contributed by atoms with van der Waals surface area (Å²) in [5.41, 5.74) is 0.961. The van der Waals surface area contributed by atoms with Gasteiger partial charge in [-0.25, -0.2) is 4.39 Å². The Labute approximate surface area is 122 Å². The van der Waals surface area contributed by atoms with Gasteiger partial charge in [0, 0.05) is 6.54 Å². The summed E-state index contributed by atoms with van der Waals surface area (Å²) in [5.74, 6) is 2.90. The van der Waals surface area contributed by atoms with Crippen molar-refractivity contribution in [2.24, 2.45) is 5.92 Å². The van der Waals surface area contributed by atoms with Crippen LogP contribution in [-0.4, -0.2) is 35.4 Å². The first-order valence-corrected chi connectivity index (χ1v) is 8.25. The summed E-state index contributed by atoms with van der Waals surface area (Å²) in [7, 11) is 0. The zero-order valence-corrected chi connectivity index (χ0v) is 12.2. The quantitative estimate of drug-likeness (QED) is 0.929. The number of halogens is 1. The number of thioether (sulfide) groups is 1. The zero-order chi connectivity index (χ0) is 13.9. The van der Waals surface area contributed by atoms with Crippen molar-refractivity contribution >= 4 is 17.7 Å². The van der Waals surface area contributed by atoms with Crippen LogP contribution in [0.2, 0.25) is 0 Å². The van der Waals surface area contributed by atoms with E-state index in [2.05, 4.69) is 5.32 Å². The highest BCUT2D eigenvalue weighted by Gasteiger charge is 2.33. The van der Waals surface area contributed by atoms with Crippen LogP contribution in [0.1, 0.15) is 24.6 Å². The summed E-state index contributed by atoms with van der Waals surface area (Å²) < 4.78 is 13.0. The maximum atomic E-state index is 13.0. The molecule has 1 unspecified atom stereocenters. The van der Waals surface area contributed by atoms with Crippen molar-refractivity contribution in [2.75, 3.05) is 24.6 Å². The minimum absolute atomic E-state index is 0.0994. The van der Waals surface area contributed by atoms with Crippen molar-refractivity contribution in [1.29, 1.82) is 0 Å². The first-order chi connectivity index (χ1) is 9.74. The molecule has 1 N–H and O–H groups in total. The van der Waals surface area contributed by atoms with Crippen LogP contribution in [0.25, 0.3) is 0 Å². The van der Waals surface area contributed by atoms with Gasteiger partial charge in [-0.15, -0.1) is 0 Å². The Balaban J connectivity index is 1.72. The van der Waals surface area contributed by atoms with Crippen LogP contribution in [0.3, 0.4) is 0 Å². The average Bonchev–Trinajstić information content (AvgIpc) is 2.83. The molecule has 0 aliphatic carbocycles. The van der Waals surface area contributed by atoms with Gasteiger partial charge in [-0.3, -0.25) is 10.1 Å². The fraction of sp³-hybridized carbons (Fsp3) is 0.533. The van der Waals surface area contributed by atoms with Crippen molar-refractivity contribution in [1.82, 2.24) is 10.2 Å². The van der Waals surface area contributed by atoms with E-state index in [0.29, 0.717) is 12.5 Å². The Morgan fingerprint density at radius 3 is 2.65 bits per heavy atom. The second-order valence-electron chi connectivity index (χ2n) is 5.44. The molecule has 2 aliphatic heterocycles. The van der Waals surface area contributed by atoms with Crippen LogP contribution >= 0.6 is 11.8 Å². The molecule has 2 saturated heterocycles. The van der Waals surface area contributed by atoms with Gasteiger partial charge in [-0.2, -0.15) is 11.8 Å². The molecule has 0 radical (unpaired) electrons. The molecule has 2 fully saturated rings. The molecule has 1 atom stereocenters. The molecule has 0 bridgehead atoms. The predicted molar refractivity (Wildman–Crippen MR) is 78.9 cm³/mol. The van der Waals surface area contributed by atoms with Crippen LogP contribution < -0.4 is 5.32 Å². The van der Waals surface area contributed by atoms with Crippen LogP contribution in [0.15, 0.2) is 24.3 Å². The molecule has 108 valence electrons. The fourth-order valence-electron chi connectivity index (χ4n) is 2.90. The van der Waals surface area contributed by atoms with Crippen LogP contribution in [-0.2, 0) is 4.79 Å². The molecule has 0 aromatic heterocycles. The van der Waals surface area contributed by atoms with Crippen LogP contribution in [0.4, 0.5) is 4.39 Å². The van der Waals surface area contributed by atoms with E-state index < -0.39 is 0 Å². The second kappa shape index (κ2) is 6.14. The van der Waals surface area contributed by atoms with Gasteiger partial charge in [-0.1, -0.05) is 12.1 Å². The van der Waals surface area contributed by atoms with Gasteiger partial charge in [0.05, 0.1) is 6.54 Å². The number of benzene rings is 1. The number of carbonyl (C=O) groups excluding carboxylic acids is 1. The topological polar surface area (TPSA) is 32.3 Å². The van der Waals surface area contributed by atoms with E-state index in [0.717, 1.165) is 12.1 Å². The molecule has 20 heavy (non-hydrogen) atoms. The molecule has 1 amide bonds. The monoisotopic (exact) mass is 294 g/mol. The first-order valence-electron chi connectivity index (χ1n) is 7.10. The van der Waals surface area contributed by atoms with E-state index in [-0.39, 0.29) is 17.9 Å². The molecule has 0 saturated carbocycles. The minimum atomic E-state index is -0.242. The number of hydrogen-bond donors (Lipinski definition) is 1. The minimum Gasteiger partial charge on any atom is -0.322 e. The van der Waals surface area contributed by atoms with Crippen LogP contribution in [0, 0.1) is 11.7 Å². The number of nitrogens with zero attached hydrogens (tertiary/aromatic N) is 1. The largest absolute Gasteiger partial charge is 0.322 e. The van der Waals surface area contributed by atoms with Gasteiger partial charge >= 0.3 is 0 Å². The Morgan fingerprint density at radius 2 is 1.95 bits per heavy atom. The SMILES string of the molecule is O=C1CNC(c2ccc(F)cc2)N1CC1CCSCC1. The van der Waals surface area contributed by atoms with E-state index in [9.17, 15) is 9.18 Å². The van der Waals surface area contributed by atoms with Crippen molar-refractivity contribution in [3.05, 3.63) is 35.6 Å². The van der Waals surface area contributed by atoms with Gasteiger partial charge < -0.3 is 4.90 Å². The Morgan fingerprint density at radius 1 is 1.25 bits per heavy atom. The summed E-state index contributed by atoms with van der Waals surface area (Å²) in [5, 5.41) is 3.23.